The maximum Gasteiger partial charge on any atom is 0.234 e. The molecule has 0 aliphatic heterocycles. The predicted molar refractivity (Wildman–Crippen MR) is 84.2 cm³/mol. The third kappa shape index (κ3) is 2.34. The van der Waals surface area contributed by atoms with Crippen LogP contribution in [0.1, 0.15) is 32.6 Å². The molecule has 5 nitrogen and oxygen atoms in total. The molecule has 0 aliphatic carbocycles. The molecule has 0 saturated heterocycles. The molecular weight excluding hydrogens is 284 g/mol. The SMILES string of the molecule is CCC(CC)(CN)c1nc(-c2cnc3ccsc3c2)no1. The summed E-state index contributed by atoms with van der Waals surface area (Å²) >= 11 is 1.65. The van der Waals surface area contributed by atoms with Crippen LogP contribution in [0.3, 0.4) is 0 Å². The molecule has 110 valence electrons. The normalized spacial score (nSPS) is 12.1. The minimum absolute atomic E-state index is 0.230. The van der Waals surface area contributed by atoms with Crippen molar-refractivity contribution >= 4 is 21.6 Å². The zero-order valence-electron chi connectivity index (χ0n) is 12.2. The van der Waals surface area contributed by atoms with Crippen molar-refractivity contribution in [2.24, 2.45) is 5.73 Å². The first-order valence-electron chi connectivity index (χ1n) is 7.10. The van der Waals surface area contributed by atoms with Gasteiger partial charge in [-0.1, -0.05) is 19.0 Å². The van der Waals surface area contributed by atoms with E-state index in [1.54, 1.807) is 17.5 Å². The van der Waals surface area contributed by atoms with Gasteiger partial charge in [-0.05, 0) is 30.4 Å². The van der Waals surface area contributed by atoms with E-state index in [9.17, 15) is 0 Å². The molecule has 0 radical (unpaired) electrons. The highest BCUT2D eigenvalue weighted by molar-refractivity contribution is 7.17. The summed E-state index contributed by atoms with van der Waals surface area (Å²) in [4.78, 5) is 8.98. The molecule has 0 unspecified atom stereocenters. The molecule has 0 saturated carbocycles. The van der Waals surface area contributed by atoms with Crippen LogP contribution >= 0.6 is 11.3 Å². The highest BCUT2D eigenvalue weighted by Gasteiger charge is 2.33. The second kappa shape index (κ2) is 5.54. The first-order valence-corrected chi connectivity index (χ1v) is 7.98. The van der Waals surface area contributed by atoms with E-state index in [1.807, 2.05) is 17.5 Å². The highest BCUT2D eigenvalue weighted by Crippen LogP contribution is 2.31. The van der Waals surface area contributed by atoms with Gasteiger partial charge in [0.25, 0.3) is 0 Å². The van der Waals surface area contributed by atoms with Crippen molar-refractivity contribution in [2.45, 2.75) is 32.1 Å². The molecule has 3 rings (SSSR count). The fourth-order valence-electron chi connectivity index (χ4n) is 2.45. The van der Waals surface area contributed by atoms with Crippen LogP contribution < -0.4 is 5.73 Å². The largest absolute Gasteiger partial charge is 0.338 e. The van der Waals surface area contributed by atoms with Gasteiger partial charge in [0.05, 0.1) is 15.6 Å². The predicted octanol–water partition coefficient (Wildman–Crippen LogP) is 3.36. The number of pyridine rings is 1. The van der Waals surface area contributed by atoms with Crippen molar-refractivity contribution < 1.29 is 4.52 Å². The van der Waals surface area contributed by atoms with Crippen LogP contribution in [0.25, 0.3) is 21.6 Å². The third-order valence-electron chi connectivity index (χ3n) is 4.18. The Morgan fingerprint density at radius 3 is 2.86 bits per heavy atom. The highest BCUT2D eigenvalue weighted by atomic mass is 32.1. The minimum atomic E-state index is -0.230. The van der Waals surface area contributed by atoms with Gasteiger partial charge in [-0.25, -0.2) is 0 Å². The topological polar surface area (TPSA) is 77.8 Å². The Balaban J connectivity index is 2.00. The molecule has 0 aromatic carbocycles. The van der Waals surface area contributed by atoms with Gasteiger partial charge in [-0.2, -0.15) is 4.98 Å². The zero-order chi connectivity index (χ0) is 14.9. The Hall–Kier alpha value is -1.79. The summed E-state index contributed by atoms with van der Waals surface area (Å²) in [6.45, 7) is 4.70. The van der Waals surface area contributed by atoms with E-state index in [4.69, 9.17) is 10.3 Å². The molecule has 0 atom stereocenters. The van der Waals surface area contributed by atoms with Gasteiger partial charge in [0.2, 0.25) is 11.7 Å². The number of nitrogens with two attached hydrogens (primary N) is 1. The Morgan fingerprint density at radius 1 is 1.33 bits per heavy atom. The molecule has 0 fully saturated rings. The molecule has 3 aromatic rings. The maximum absolute atomic E-state index is 5.93. The summed E-state index contributed by atoms with van der Waals surface area (Å²) in [7, 11) is 0. The van der Waals surface area contributed by atoms with Gasteiger partial charge in [-0.3, -0.25) is 4.98 Å². The van der Waals surface area contributed by atoms with Crippen LogP contribution in [0.2, 0.25) is 0 Å². The number of fused-ring (bicyclic) bond motifs is 1. The van der Waals surface area contributed by atoms with Gasteiger partial charge in [0.15, 0.2) is 0 Å². The van der Waals surface area contributed by atoms with Gasteiger partial charge in [-0.15, -0.1) is 11.3 Å². The van der Waals surface area contributed by atoms with Crippen molar-refractivity contribution in [3.8, 4) is 11.4 Å². The lowest BCUT2D eigenvalue weighted by molar-refractivity contribution is 0.267. The van der Waals surface area contributed by atoms with Crippen LogP contribution in [0.5, 0.6) is 0 Å². The number of aromatic nitrogens is 3. The van der Waals surface area contributed by atoms with E-state index >= 15 is 0 Å². The van der Waals surface area contributed by atoms with Crippen LogP contribution in [0, 0.1) is 0 Å². The molecular formula is C15H18N4OS. The molecule has 0 spiro atoms. The van der Waals surface area contributed by atoms with E-state index in [0.717, 1.165) is 28.6 Å². The zero-order valence-corrected chi connectivity index (χ0v) is 13.0. The number of hydrogen-bond donors (Lipinski definition) is 1. The fourth-order valence-corrected chi connectivity index (χ4v) is 3.23. The molecule has 3 aromatic heterocycles. The molecule has 0 amide bonds. The lowest BCUT2D eigenvalue weighted by Crippen LogP contribution is -2.34. The summed E-state index contributed by atoms with van der Waals surface area (Å²) in [5.74, 6) is 1.20. The maximum atomic E-state index is 5.93. The molecule has 21 heavy (non-hydrogen) atoms. The Labute approximate surface area is 127 Å². The van der Waals surface area contributed by atoms with Gasteiger partial charge in [0, 0.05) is 18.3 Å². The van der Waals surface area contributed by atoms with Gasteiger partial charge < -0.3 is 10.3 Å². The first kappa shape index (κ1) is 14.2. The van der Waals surface area contributed by atoms with Crippen LogP contribution in [-0.2, 0) is 5.41 Å². The lowest BCUT2D eigenvalue weighted by atomic mass is 9.82. The number of hydrogen-bond acceptors (Lipinski definition) is 6. The summed E-state index contributed by atoms with van der Waals surface area (Å²) in [6.07, 6.45) is 3.54. The number of rotatable bonds is 5. The Bertz CT molecular complexity index is 737. The smallest absolute Gasteiger partial charge is 0.234 e. The van der Waals surface area contributed by atoms with Crippen molar-refractivity contribution in [1.82, 2.24) is 15.1 Å². The minimum Gasteiger partial charge on any atom is -0.338 e. The van der Waals surface area contributed by atoms with E-state index < -0.39 is 0 Å². The molecule has 0 aliphatic rings. The summed E-state index contributed by atoms with van der Waals surface area (Å²) < 4.78 is 6.61. The van der Waals surface area contributed by atoms with Gasteiger partial charge >= 0.3 is 0 Å². The first-order chi connectivity index (χ1) is 10.2. The molecule has 3 heterocycles. The van der Waals surface area contributed by atoms with Crippen molar-refractivity contribution in [3.63, 3.8) is 0 Å². The third-order valence-corrected chi connectivity index (χ3v) is 5.04. The average Bonchev–Trinajstić information content (AvgIpc) is 3.18. The van der Waals surface area contributed by atoms with Crippen LogP contribution in [0.4, 0.5) is 0 Å². The number of nitrogens with zero attached hydrogens (tertiary/aromatic N) is 3. The standard InChI is InChI=1S/C15H18N4OS/c1-3-15(4-2,9-16)14-18-13(19-20-14)10-7-12-11(17-8-10)5-6-21-12/h5-8H,3-4,9,16H2,1-2H3. The summed E-state index contributed by atoms with van der Waals surface area (Å²) in [6, 6.07) is 4.04. The Kier molecular flexibility index (Phi) is 3.73. The van der Waals surface area contributed by atoms with Crippen LogP contribution in [0.15, 0.2) is 28.2 Å². The summed E-state index contributed by atoms with van der Waals surface area (Å²) in [5.41, 5.74) is 7.57. The molecule has 6 heteroatoms. The lowest BCUT2D eigenvalue weighted by Gasteiger charge is -2.24. The molecule has 0 bridgehead atoms. The summed E-state index contributed by atoms with van der Waals surface area (Å²) in [5, 5.41) is 6.13. The second-order valence-electron chi connectivity index (χ2n) is 5.14. The van der Waals surface area contributed by atoms with Crippen molar-refractivity contribution in [3.05, 3.63) is 29.6 Å². The van der Waals surface area contributed by atoms with E-state index in [1.165, 1.54) is 0 Å². The fraction of sp³-hybridized carbons (Fsp3) is 0.400. The monoisotopic (exact) mass is 302 g/mol. The van der Waals surface area contributed by atoms with Crippen molar-refractivity contribution in [2.75, 3.05) is 6.54 Å². The average molecular weight is 302 g/mol. The van der Waals surface area contributed by atoms with E-state index in [0.29, 0.717) is 18.3 Å². The van der Waals surface area contributed by atoms with E-state index in [2.05, 4.69) is 29.0 Å². The van der Waals surface area contributed by atoms with Crippen LogP contribution in [-0.4, -0.2) is 21.7 Å². The Morgan fingerprint density at radius 2 is 2.14 bits per heavy atom. The number of thiophene rings is 1. The van der Waals surface area contributed by atoms with Gasteiger partial charge in [0.1, 0.15) is 0 Å². The quantitative estimate of drug-likeness (QED) is 0.782. The van der Waals surface area contributed by atoms with E-state index in [-0.39, 0.29) is 5.41 Å². The van der Waals surface area contributed by atoms with Crippen molar-refractivity contribution in [1.29, 1.82) is 0 Å². The molecule has 2 N–H and O–H groups in total. The second-order valence-corrected chi connectivity index (χ2v) is 6.09.